The van der Waals surface area contributed by atoms with Gasteiger partial charge in [-0.05, 0) is 60.0 Å². The quantitative estimate of drug-likeness (QED) is 0.625. The van der Waals surface area contributed by atoms with E-state index in [1.54, 1.807) is 12.1 Å². The number of hydrogen-bond acceptors (Lipinski definition) is 6. The number of benzene rings is 2. The van der Waals surface area contributed by atoms with Crippen molar-refractivity contribution >= 4 is 15.9 Å². The molecule has 162 valence electrons. The number of nitrogens with zero attached hydrogens (tertiary/aromatic N) is 5. The first kappa shape index (κ1) is 21.1. The SMILES string of the molecule is Cc1ccc(CNC(=O)[C@@H]2CCCN(S(=O)(=O)c3ccc(-n4cnnn4)cc3)C2)cc1. The Hall–Kier alpha value is -3.11. The summed E-state index contributed by atoms with van der Waals surface area (Å²) in [6.45, 7) is 3.02. The van der Waals surface area contributed by atoms with Crippen molar-refractivity contribution in [2.24, 2.45) is 5.92 Å². The third kappa shape index (κ3) is 4.80. The molecule has 3 aromatic rings. The first-order valence-corrected chi connectivity index (χ1v) is 11.5. The van der Waals surface area contributed by atoms with Crippen LogP contribution in [0.2, 0.25) is 0 Å². The summed E-state index contributed by atoms with van der Waals surface area (Å²) >= 11 is 0. The van der Waals surface area contributed by atoms with Gasteiger partial charge in [-0.2, -0.15) is 4.31 Å². The molecule has 0 saturated carbocycles. The molecular formula is C21H24N6O3S. The highest BCUT2D eigenvalue weighted by Crippen LogP contribution is 2.24. The van der Waals surface area contributed by atoms with Crippen LogP contribution in [-0.4, -0.2) is 51.9 Å². The van der Waals surface area contributed by atoms with Crippen LogP contribution in [0.5, 0.6) is 0 Å². The van der Waals surface area contributed by atoms with E-state index < -0.39 is 10.0 Å². The van der Waals surface area contributed by atoms with Crippen LogP contribution in [0, 0.1) is 12.8 Å². The molecule has 4 rings (SSSR count). The third-order valence-electron chi connectivity index (χ3n) is 5.43. The molecule has 0 unspecified atom stereocenters. The van der Waals surface area contributed by atoms with Gasteiger partial charge in [-0.25, -0.2) is 13.1 Å². The summed E-state index contributed by atoms with van der Waals surface area (Å²) in [7, 11) is -3.69. The van der Waals surface area contributed by atoms with Crippen LogP contribution in [0.15, 0.2) is 59.8 Å². The van der Waals surface area contributed by atoms with E-state index in [-0.39, 0.29) is 23.3 Å². The van der Waals surface area contributed by atoms with Crippen LogP contribution in [0.25, 0.3) is 5.69 Å². The van der Waals surface area contributed by atoms with Crippen molar-refractivity contribution in [2.75, 3.05) is 13.1 Å². The van der Waals surface area contributed by atoms with E-state index in [1.165, 1.54) is 27.4 Å². The minimum Gasteiger partial charge on any atom is -0.352 e. The van der Waals surface area contributed by atoms with Gasteiger partial charge in [-0.1, -0.05) is 29.8 Å². The van der Waals surface area contributed by atoms with Gasteiger partial charge in [0, 0.05) is 19.6 Å². The first-order chi connectivity index (χ1) is 14.9. The molecule has 1 aromatic heterocycles. The van der Waals surface area contributed by atoms with Crippen LogP contribution in [0.1, 0.15) is 24.0 Å². The summed E-state index contributed by atoms with van der Waals surface area (Å²) in [5.41, 5.74) is 2.84. The number of sulfonamides is 1. The molecule has 0 aliphatic carbocycles. The Bertz CT molecular complexity index is 1130. The summed E-state index contributed by atoms with van der Waals surface area (Å²) in [5.74, 6) is -0.482. The molecular weight excluding hydrogens is 416 g/mol. The van der Waals surface area contributed by atoms with E-state index in [2.05, 4.69) is 20.8 Å². The maximum atomic E-state index is 13.1. The fraction of sp³-hybridized carbons (Fsp3) is 0.333. The van der Waals surface area contributed by atoms with Crippen LogP contribution in [0.4, 0.5) is 0 Å². The number of amides is 1. The van der Waals surface area contributed by atoms with Crippen LogP contribution in [0.3, 0.4) is 0 Å². The summed E-state index contributed by atoms with van der Waals surface area (Å²) < 4.78 is 29.1. The lowest BCUT2D eigenvalue weighted by Crippen LogP contribution is -2.45. The van der Waals surface area contributed by atoms with Gasteiger partial charge in [0.2, 0.25) is 15.9 Å². The molecule has 1 aliphatic rings. The van der Waals surface area contributed by atoms with Crippen molar-refractivity contribution in [2.45, 2.75) is 31.2 Å². The molecule has 1 atom stereocenters. The lowest BCUT2D eigenvalue weighted by Gasteiger charge is -2.31. The highest BCUT2D eigenvalue weighted by atomic mass is 32.2. The van der Waals surface area contributed by atoms with E-state index >= 15 is 0 Å². The Morgan fingerprint density at radius 3 is 2.55 bits per heavy atom. The molecule has 1 fully saturated rings. The zero-order valence-corrected chi connectivity index (χ0v) is 18.0. The van der Waals surface area contributed by atoms with Gasteiger partial charge in [0.15, 0.2) is 0 Å². The lowest BCUT2D eigenvalue weighted by molar-refractivity contribution is -0.126. The Kier molecular flexibility index (Phi) is 6.10. The summed E-state index contributed by atoms with van der Waals surface area (Å²) in [6.07, 6.45) is 2.75. The number of aryl methyl sites for hydroxylation is 1. The normalized spacial score (nSPS) is 17.4. The molecule has 1 saturated heterocycles. The fourth-order valence-electron chi connectivity index (χ4n) is 3.61. The van der Waals surface area contributed by atoms with E-state index in [9.17, 15) is 13.2 Å². The second-order valence-electron chi connectivity index (χ2n) is 7.65. The number of rotatable bonds is 6. The van der Waals surface area contributed by atoms with E-state index in [1.807, 2.05) is 31.2 Å². The average molecular weight is 441 g/mol. The van der Waals surface area contributed by atoms with E-state index in [0.29, 0.717) is 31.6 Å². The van der Waals surface area contributed by atoms with Gasteiger partial charge in [0.25, 0.3) is 0 Å². The summed E-state index contributed by atoms with van der Waals surface area (Å²) in [5, 5.41) is 13.9. The van der Waals surface area contributed by atoms with Crippen molar-refractivity contribution in [1.29, 1.82) is 0 Å². The van der Waals surface area contributed by atoms with Gasteiger partial charge < -0.3 is 5.32 Å². The lowest BCUT2D eigenvalue weighted by atomic mass is 9.98. The number of piperidine rings is 1. The van der Waals surface area contributed by atoms with Crippen molar-refractivity contribution in [3.8, 4) is 5.69 Å². The topological polar surface area (TPSA) is 110 Å². The maximum Gasteiger partial charge on any atom is 0.243 e. The predicted molar refractivity (Wildman–Crippen MR) is 114 cm³/mol. The molecule has 31 heavy (non-hydrogen) atoms. The number of aromatic nitrogens is 4. The van der Waals surface area contributed by atoms with E-state index in [0.717, 1.165) is 11.1 Å². The van der Waals surface area contributed by atoms with Crippen molar-refractivity contribution in [3.63, 3.8) is 0 Å². The van der Waals surface area contributed by atoms with Gasteiger partial charge >= 0.3 is 0 Å². The second-order valence-corrected chi connectivity index (χ2v) is 9.59. The van der Waals surface area contributed by atoms with Gasteiger partial charge in [-0.15, -0.1) is 5.10 Å². The van der Waals surface area contributed by atoms with Gasteiger partial charge in [-0.3, -0.25) is 4.79 Å². The Balaban J connectivity index is 1.40. The monoisotopic (exact) mass is 440 g/mol. The number of tetrazole rings is 1. The molecule has 1 aliphatic heterocycles. The molecule has 0 spiro atoms. The fourth-order valence-corrected chi connectivity index (χ4v) is 5.14. The molecule has 9 nitrogen and oxygen atoms in total. The Labute approximate surface area is 181 Å². The van der Waals surface area contributed by atoms with Crippen molar-refractivity contribution in [3.05, 3.63) is 66.0 Å². The molecule has 1 amide bonds. The molecule has 0 radical (unpaired) electrons. The molecule has 0 bridgehead atoms. The number of hydrogen-bond donors (Lipinski definition) is 1. The van der Waals surface area contributed by atoms with Gasteiger partial charge in [0.05, 0.1) is 16.5 Å². The Morgan fingerprint density at radius 2 is 1.87 bits per heavy atom. The Morgan fingerprint density at radius 1 is 1.13 bits per heavy atom. The smallest absolute Gasteiger partial charge is 0.243 e. The maximum absolute atomic E-state index is 13.1. The zero-order valence-electron chi connectivity index (χ0n) is 17.2. The molecule has 2 aromatic carbocycles. The highest BCUT2D eigenvalue weighted by molar-refractivity contribution is 7.89. The predicted octanol–water partition coefficient (Wildman–Crippen LogP) is 1.69. The summed E-state index contributed by atoms with van der Waals surface area (Å²) in [6, 6.07) is 14.3. The largest absolute Gasteiger partial charge is 0.352 e. The van der Waals surface area contributed by atoms with Crippen molar-refractivity contribution in [1.82, 2.24) is 29.8 Å². The molecule has 10 heteroatoms. The van der Waals surface area contributed by atoms with E-state index in [4.69, 9.17) is 0 Å². The minimum absolute atomic E-state index is 0.116. The number of nitrogens with one attached hydrogen (secondary N) is 1. The highest BCUT2D eigenvalue weighted by Gasteiger charge is 2.33. The van der Waals surface area contributed by atoms with Crippen LogP contribution < -0.4 is 5.32 Å². The van der Waals surface area contributed by atoms with Crippen LogP contribution in [-0.2, 0) is 21.4 Å². The second kappa shape index (κ2) is 8.94. The standard InChI is InChI=1S/C21H24N6O3S/c1-16-4-6-17(7-5-16)13-22-21(28)18-3-2-12-26(14-18)31(29,30)20-10-8-19(9-11-20)27-15-23-24-25-27/h4-11,15,18H,2-3,12-14H2,1H3,(H,22,28)/t18-/m1/s1. The number of carbonyl (C=O) groups is 1. The van der Waals surface area contributed by atoms with Gasteiger partial charge in [0.1, 0.15) is 6.33 Å². The zero-order chi connectivity index (χ0) is 21.8. The molecule has 1 N–H and O–H groups in total. The van der Waals surface area contributed by atoms with Crippen LogP contribution >= 0.6 is 0 Å². The molecule has 2 heterocycles. The van der Waals surface area contributed by atoms with Crippen molar-refractivity contribution < 1.29 is 13.2 Å². The third-order valence-corrected chi connectivity index (χ3v) is 7.31. The summed E-state index contributed by atoms with van der Waals surface area (Å²) in [4.78, 5) is 12.9. The average Bonchev–Trinajstić information content (AvgIpc) is 3.34. The number of carbonyl (C=O) groups excluding carboxylic acids is 1. The minimum atomic E-state index is -3.69. The first-order valence-electron chi connectivity index (χ1n) is 10.1.